The van der Waals surface area contributed by atoms with Crippen LogP contribution in [0.25, 0.3) is 11.0 Å². The summed E-state index contributed by atoms with van der Waals surface area (Å²) >= 11 is 7.86. The number of fused-ring (bicyclic) bond motifs is 1. The fourth-order valence-electron chi connectivity index (χ4n) is 2.58. The van der Waals surface area contributed by atoms with Gasteiger partial charge in [-0.15, -0.1) is 11.8 Å². The second-order valence-electron chi connectivity index (χ2n) is 4.90. The molecule has 4 rings (SSSR count). The predicted octanol–water partition coefficient (Wildman–Crippen LogP) is 3.39. The van der Waals surface area contributed by atoms with Gasteiger partial charge in [0.25, 0.3) is 0 Å². The molecule has 0 unspecified atom stereocenters. The highest BCUT2D eigenvalue weighted by atomic mass is 35.5. The van der Waals surface area contributed by atoms with Crippen LogP contribution < -0.4 is 4.90 Å². The van der Waals surface area contributed by atoms with Gasteiger partial charge in [-0.25, -0.2) is 4.98 Å². The van der Waals surface area contributed by atoms with Crippen molar-refractivity contribution >= 4 is 46.1 Å². The summed E-state index contributed by atoms with van der Waals surface area (Å²) in [6.07, 6.45) is 1.69. The van der Waals surface area contributed by atoms with Crippen LogP contribution in [0, 0.1) is 0 Å². The maximum atomic E-state index is 12.4. The maximum Gasteiger partial charge on any atom is 0.239 e. The number of hydrogen-bond acceptors (Lipinski definition) is 4. The Labute approximate surface area is 135 Å². The molecule has 7 heteroatoms. The molecule has 0 radical (unpaired) electrons. The first-order valence-corrected chi connectivity index (χ1v) is 8.15. The maximum absolute atomic E-state index is 12.4. The number of rotatable bonds is 2. The number of aromatic nitrogens is 3. The molecule has 0 aliphatic carbocycles. The van der Waals surface area contributed by atoms with E-state index >= 15 is 0 Å². The third kappa shape index (κ3) is 2.07. The SMILES string of the molecule is O=C1CS[C@H](c2ccccc2Cl)N1c1n[nH]c2ncccc12. The largest absolute Gasteiger partial charge is 0.277 e. The van der Waals surface area contributed by atoms with Crippen molar-refractivity contribution in [3.05, 3.63) is 53.2 Å². The first-order chi connectivity index (χ1) is 10.8. The fraction of sp³-hybridized carbons (Fsp3) is 0.133. The summed E-state index contributed by atoms with van der Waals surface area (Å²) < 4.78 is 0. The second-order valence-corrected chi connectivity index (χ2v) is 6.37. The highest BCUT2D eigenvalue weighted by Crippen LogP contribution is 2.44. The quantitative estimate of drug-likeness (QED) is 0.782. The van der Waals surface area contributed by atoms with E-state index in [4.69, 9.17) is 11.6 Å². The molecule has 2 aromatic heterocycles. The van der Waals surface area contributed by atoms with Crippen molar-refractivity contribution in [3.63, 3.8) is 0 Å². The minimum Gasteiger partial charge on any atom is -0.277 e. The van der Waals surface area contributed by atoms with Crippen molar-refractivity contribution < 1.29 is 4.79 Å². The Morgan fingerprint density at radius 3 is 3.00 bits per heavy atom. The average Bonchev–Trinajstić information content (AvgIpc) is 3.11. The summed E-state index contributed by atoms with van der Waals surface area (Å²) in [4.78, 5) is 18.3. The molecular weight excluding hydrogens is 320 g/mol. The van der Waals surface area contributed by atoms with E-state index in [9.17, 15) is 4.79 Å². The monoisotopic (exact) mass is 330 g/mol. The van der Waals surface area contributed by atoms with Crippen LogP contribution >= 0.6 is 23.4 Å². The molecule has 1 aliphatic rings. The molecule has 0 spiro atoms. The lowest BCUT2D eigenvalue weighted by Gasteiger charge is -2.23. The molecule has 0 bridgehead atoms. The molecule has 1 aromatic carbocycles. The molecular formula is C15H11ClN4OS. The Morgan fingerprint density at radius 1 is 1.27 bits per heavy atom. The zero-order valence-electron chi connectivity index (χ0n) is 11.4. The van der Waals surface area contributed by atoms with Crippen molar-refractivity contribution in [2.45, 2.75) is 5.37 Å². The van der Waals surface area contributed by atoms with Gasteiger partial charge in [0.1, 0.15) is 5.37 Å². The molecule has 3 aromatic rings. The van der Waals surface area contributed by atoms with Gasteiger partial charge in [-0.05, 0) is 18.2 Å². The van der Waals surface area contributed by atoms with Gasteiger partial charge < -0.3 is 0 Å². The topological polar surface area (TPSA) is 61.9 Å². The van der Waals surface area contributed by atoms with E-state index in [-0.39, 0.29) is 11.3 Å². The molecule has 3 heterocycles. The van der Waals surface area contributed by atoms with Gasteiger partial charge in [0.05, 0.1) is 11.1 Å². The molecule has 22 heavy (non-hydrogen) atoms. The minimum atomic E-state index is -0.173. The first-order valence-electron chi connectivity index (χ1n) is 6.73. The zero-order valence-corrected chi connectivity index (χ0v) is 12.9. The van der Waals surface area contributed by atoms with Crippen molar-refractivity contribution in [1.29, 1.82) is 0 Å². The number of anilines is 1. The number of halogens is 1. The van der Waals surface area contributed by atoms with Crippen LogP contribution in [0.5, 0.6) is 0 Å². The lowest BCUT2D eigenvalue weighted by atomic mass is 10.2. The van der Waals surface area contributed by atoms with E-state index < -0.39 is 0 Å². The molecule has 1 saturated heterocycles. The molecule has 1 atom stereocenters. The minimum absolute atomic E-state index is 0.0205. The van der Waals surface area contributed by atoms with Gasteiger partial charge in [0.15, 0.2) is 11.5 Å². The van der Waals surface area contributed by atoms with E-state index in [1.54, 1.807) is 22.9 Å². The van der Waals surface area contributed by atoms with Crippen molar-refractivity contribution in [3.8, 4) is 0 Å². The lowest BCUT2D eigenvalue weighted by molar-refractivity contribution is -0.115. The number of hydrogen-bond donors (Lipinski definition) is 1. The van der Waals surface area contributed by atoms with Crippen LogP contribution in [-0.4, -0.2) is 26.8 Å². The number of nitrogens with one attached hydrogen (secondary N) is 1. The van der Waals surface area contributed by atoms with Crippen LogP contribution in [0.15, 0.2) is 42.6 Å². The number of benzene rings is 1. The van der Waals surface area contributed by atoms with Gasteiger partial charge in [-0.2, -0.15) is 5.10 Å². The van der Waals surface area contributed by atoms with Crippen LogP contribution in [0.3, 0.4) is 0 Å². The summed E-state index contributed by atoms with van der Waals surface area (Å²) in [5, 5.41) is 8.48. The van der Waals surface area contributed by atoms with Gasteiger partial charge in [-0.1, -0.05) is 29.8 Å². The van der Waals surface area contributed by atoms with Crippen LogP contribution in [0.4, 0.5) is 5.82 Å². The Bertz CT molecular complexity index is 865. The number of carbonyl (C=O) groups excluding carboxylic acids is 1. The normalized spacial score (nSPS) is 18.3. The molecule has 110 valence electrons. The predicted molar refractivity (Wildman–Crippen MR) is 88.0 cm³/mol. The van der Waals surface area contributed by atoms with E-state index in [1.165, 1.54) is 0 Å². The third-order valence-electron chi connectivity index (χ3n) is 3.58. The standard InChI is InChI=1S/C15H11ClN4OS/c16-11-6-2-1-4-9(11)15-20(12(21)8-22-15)14-10-5-3-7-17-13(10)18-19-14/h1-7,15H,8H2,(H,17,18,19)/t15-/m1/s1. The zero-order chi connectivity index (χ0) is 15.1. The molecule has 1 fully saturated rings. The molecule has 1 N–H and O–H groups in total. The van der Waals surface area contributed by atoms with Crippen molar-refractivity contribution in [1.82, 2.24) is 15.2 Å². The van der Waals surface area contributed by atoms with Gasteiger partial charge in [0, 0.05) is 16.8 Å². The first kappa shape index (κ1) is 13.6. The molecule has 0 saturated carbocycles. The summed E-state index contributed by atoms with van der Waals surface area (Å²) in [7, 11) is 0. The lowest BCUT2D eigenvalue weighted by Crippen LogP contribution is -2.28. The Balaban J connectivity index is 1.85. The number of thioether (sulfide) groups is 1. The number of aromatic amines is 1. The van der Waals surface area contributed by atoms with E-state index in [2.05, 4.69) is 15.2 Å². The highest BCUT2D eigenvalue weighted by Gasteiger charge is 2.37. The second kappa shape index (κ2) is 5.30. The smallest absolute Gasteiger partial charge is 0.239 e. The molecule has 1 aliphatic heterocycles. The summed E-state index contributed by atoms with van der Waals surface area (Å²) in [6, 6.07) is 11.3. The number of nitrogens with zero attached hydrogens (tertiary/aromatic N) is 3. The molecule has 1 amide bonds. The van der Waals surface area contributed by atoms with Gasteiger partial charge in [-0.3, -0.25) is 14.8 Å². The van der Waals surface area contributed by atoms with Crippen LogP contribution in [0.1, 0.15) is 10.9 Å². The summed E-state index contributed by atoms with van der Waals surface area (Å²) in [6.45, 7) is 0. The average molecular weight is 331 g/mol. The fourth-order valence-corrected chi connectivity index (χ4v) is 4.08. The van der Waals surface area contributed by atoms with Gasteiger partial charge in [0.2, 0.25) is 5.91 Å². The third-order valence-corrected chi connectivity index (χ3v) is 5.12. The number of pyridine rings is 1. The Morgan fingerprint density at radius 2 is 2.14 bits per heavy atom. The Hall–Kier alpha value is -2.05. The van der Waals surface area contributed by atoms with Crippen molar-refractivity contribution in [2.75, 3.05) is 10.7 Å². The van der Waals surface area contributed by atoms with Crippen LogP contribution in [0.2, 0.25) is 5.02 Å². The molecule has 5 nitrogen and oxygen atoms in total. The Kier molecular flexibility index (Phi) is 3.28. The van der Waals surface area contributed by atoms with E-state index in [0.717, 1.165) is 10.9 Å². The van der Waals surface area contributed by atoms with E-state index in [1.807, 2.05) is 36.4 Å². The number of amides is 1. The highest BCUT2D eigenvalue weighted by molar-refractivity contribution is 8.00. The number of H-pyrrole nitrogens is 1. The number of carbonyl (C=O) groups is 1. The van der Waals surface area contributed by atoms with Crippen molar-refractivity contribution in [2.24, 2.45) is 0 Å². The van der Waals surface area contributed by atoms with Gasteiger partial charge >= 0.3 is 0 Å². The summed E-state index contributed by atoms with van der Waals surface area (Å²) in [5.74, 6) is 1.03. The summed E-state index contributed by atoms with van der Waals surface area (Å²) in [5.41, 5.74) is 1.58. The van der Waals surface area contributed by atoms with E-state index in [0.29, 0.717) is 22.2 Å². The van der Waals surface area contributed by atoms with Crippen LogP contribution in [-0.2, 0) is 4.79 Å².